The molecule has 0 aliphatic carbocycles. The zero-order chi connectivity index (χ0) is 18.5. The van der Waals surface area contributed by atoms with Gasteiger partial charge in [-0.05, 0) is 55.0 Å². The molecule has 6 heteroatoms. The van der Waals surface area contributed by atoms with Crippen LogP contribution in [0.3, 0.4) is 0 Å². The summed E-state index contributed by atoms with van der Waals surface area (Å²) in [5.41, 5.74) is 2.31. The molecule has 0 saturated carbocycles. The molecule has 0 aliphatic heterocycles. The predicted octanol–water partition coefficient (Wildman–Crippen LogP) is 4.42. The fraction of sp³-hybridized carbons (Fsp3) is 0.100. The second kappa shape index (κ2) is 7.89. The van der Waals surface area contributed by atoms with Crippen molar-refractivity contribution in [1.82, 2.24) is 5.32 Å². The van der Waals surface area contributed by atoms with Gasteiger partial charge in [0, 0.05) is 21.8 Å². The van der Waals surface area contributed by atoms with E-state index in [2.05, 4.69) is 10.6 Å². The van der Waals surface area contributed by atoms with Gasteiger partial charge >= 0.3 is 0 Å². The van der Waals surface area contributed by atoms with Crippen LogP contribution in [0.15, 0.2) is 65.3 Å². The van der Waals surface area contributed by atoms with Crippen molar-refractivity contribution in [1.29, 1.82) is 0 Å². The van der Waals surface area contributed by atoms with Crippen LogP contribution in [0.5, 0.6) is 0 Å². The Balaban J connectivity index is 1.70. The van der Waals surface area contributed by atoms with Gasteiger partial charge in [-0.25, -0.2) is 0 Å². The third-order valence-electron chi connectivity index (χ3n) is 3.84. The Morgan fingerprint density at radius 2 is 1.77 bits per heavy atom. The van der Waals surface area contributed by atoms with E-state index in [9.17, 15) is 9.59 Å². The number of benzene rings is 2. The van der Waals surface area contributed by atoms with Gasteiger partial charge in [-0.3, -0.25) is 9.59 Å². The van der Waals surface area contributed by atoms with Gasteiger partial charge in [-0.15, -0.1) is 0 Å². The van der Waals surface area contributed by atoms with Crippen LogP contribution in [0.4, 0.5) is 5.69 Å². The van der Waals surface area contributed by atoms with Crippen molar-refractivity contribution in [3.63, 3.8) is 0 Å². The van der Waals surface area contributed by atoms with Gasteiger partial charge in [-0.1, -0.05) is 23.7 Å². The molecular weight excluding hydrogens is 352 g/mol. The monoisotopic (exact) mass is 368 g/mol. The highest BCUT2D eigenvalue weighted by molar-refractivity contribution is 6.31. The molecule has 0 spiro atoms. The van der Waals surface area contributed by atoms with Crippen LogP contribution in [-0.4, -0.2) is 11.8 Å². The van der Waals surface area contributed by atoms with Crippen molar-refractivity contribution >= 4 is 29.1 Å². The number of amides is 2. The van der Waals surface area contributed by atoms with Crippen molar-refractivity contribution < 1.29 is 14.0 Å². The molecule has 3 aromatic rings. The van der Waals surface area contributed by atoms with Crippen molar-refractivity contribution in [2.45, 2.75) is 13.5 Å². The molecule has 26 heavy (non-hydrogen) atoms. The van der Waals surface area contributed by atoms with E-state index < -0.39 is 0 Å². The molecule has 5 nitrogen and oxygen atoms in total. The highest BCUT2D eigenvalue weighted by atomic mass is 35.5. The summed E-state index contributed by atoms with van der Waals surface area (Å²) in [6.07, 6.45) is 1.55. The van der Waals surface area contributed by atoms with Gasteiger partial charge < -0.3 is 15.1 Å². The quantitative estimate of drug-likeness (QED) is 0.700. The van der Waals surface area contributed by atoms with Crippen molar-refractivity contribution in [3.8, 4) is 0 Å². The maximum atomic E-state index is 12.5. The van der Waals surface area contributed by atoms with E-state index in [-0.39, 0.29) is 18.4 Å². The van der Waals surface area contributed by atoms with Crippen LogP contribution < -0.4 is 10.6 Å². The molecule has 2 N–H and O–H groups in total. The topological polar surface area (TPSA) is 71.3 Å². The lowest BCUT2D eigenvalue weighted by Gasteiger charge is -2.10. The number of carbonyl (C=O) groups is 2. The van der Waals surface area contributed by atoms with Crippen LogP contribution in [0.1, 0.15) is 32.0 Å². The summed E-state index contributed by atoms with van der Waals surface area (Å²) in [6, 6.07) is 15.3. The summed E-state index contributed by atoms with van der Waals surface area (Å²) in [7, 11) is 0. The lowest BCUT2D eigenvalue weighted by molar-refractivity contribution is 0.0948. The van der Waals surface area contributed by atoms with Crippen molar-refractivity contribution in [3.05, 3.63) is 88.3 Å². The Morgan fingerprint density at radius 1 is 1.00 bits per heavy atom. The number of halogens is 1. The van der Waals surface area contributed by atoms with E-state index in [1.54, 1.807) is 54.8 Å². The third-order valence-corrected chi connectivity index (χ3v) is 4.07. The van der Waals surface area contributed by atoms with Crippen LogP contribution in [0.25, 0.3) is 0 Å². The molecule has 0 saturated heterocycles. The van der Waals surface area contributed by atoms with Gasteiger partial charge in [0.05, 0.1) is 12.8 Å². The van der Waals surface area contributed by atoms with Gasteiger partial charge in [0.15, 0.2) is 0 Å². The molecule has 1 heterocycles. The minimum atomic E-state index is -0.309. The maximum absolute atomic E-state index is 12.5. The molecule has 0 bridgehead atoms. The second-order valence-corrected chi connectivity index (χ2v) is 6.19. The molecule has 0 unspecified atom stereocenters. The van der Waals surface area contributed by atoms with E-state index in [0.717, 1.165) is 5.56 Å². The van der Waals surface area contributed by atoms with E-state index >= 15 is 0 Å². The summed E-state index contributed by atoms with van der Waals surface area (Å²) in [4.78, 5) is 24.8. The number of hydrogen-bond donors (Lipinski definition) is 2. The Morgan fingerprint density at radius 3 is 2.50 bits per heavy atom. The molecule has 2 amide bonds. The van der Waals surface area contributed by atoms with Gasteiger partial charge in [-0.2, -0.15) is 0 Å². The largest absolute Gasteiger partial charge is 0.467 e. The number of nitrogens with one attached hydrogen (secondary N) is 2. The molecule has 2 aromatic carbocycles. The number of carbonyl (C=O) groups excluding carboxylic acids is 2. The number of aryl methyl sites for hydroxylation is 1. The average molecular weight is 369 g/mol. The first-order valence-electron chi connectivity index (χ1n) is 8.01. The SMILES string of the molecule is Cc1ccc(Cl)cc1NC(=O)c1cccc(C(=O)NCc2ccco2)c1. The lowest BCUT2D eigenvalue weighted by Crippen LogP contribution is -2.23. The first kappa shape index (κ1) is 17.8. The first-order chi connectivity index (χ1) is 12.5. The predicted molar refractivity (Wildman–Crippen MR) is 100 cm³/mol. The first-order valence-corrected chi connectivity index (χ1v) is 8.39. The number of rotatable bonds is 5. The van der Waals surface area contributed by atoms with E-state index in [4.69, 9.17) is 16.0 Å². The smallest absolute Gasteiger partial charge is 0.255 e. The highest BCUT2D eigenvalue weighted by Gasteiger charge is 2.12. The van der Waals surface area contributed by atoms with Gasteiger partial charge in [0.2, 0.25) is 0 Å². The van der Waals surface area contributed by atoms with E-state index in [1.807, 2.05) is 13.0 Å². The highest BCUT2D eigenvalue weighted by Crippen LogP contribution is 2.21. The van der Waals surface area contributed by atoms with Crippen LogP contribution >= 0.6 is 11.6 Å². The minimum absolute atomic E-state index is 0.282. The summed E-state index contributed by atoms with van der Waals surface area (Å²) in [6.45, 7) is 2.16. The van der Waals surface area contributed by atoms with E-state index in [0.29, 0.717) is 27.6 Å². The average Bonchev–Trinajstić information content (AvgIpc) is 3.16. The lowest BCUT2D eigenvalue weighted by atomic mass is 10.1. The van der Waals surface area contributed by atoms with Gasteiger partial charge in [0.25, 0.3) is 11.8 Å². The summed E-state index contributed by atoms with van der Waals surface area (Å²) >= 11 is 5.98. The molecule has 1 aromatic heterocycles. The zero-order valence-electron chi connectivity index (χ0n) is 14.1. The fourth-order valence-electron chi connectivity index (χ4n) is 2.41. The Kier molecular flexibility index (Phi) is 5.39. The Labute approximate surface area is 156 Å². The van der Waals surface area contributed by atoms with Crippen LogP contribution in [0.2, 0.25) is 5.02 Å². The number of hydrogen-bond acceptors (Lipinski definition) is 3. The molecule has 132 valence electrons. The molecule has 3 rings (SSSR count). The Hall–Kier alpha value is -3.05. The summed E-state index contributed by atoms with van der Waals surface area (Å²) in [5, 5.41) is 6.11. The Bertz CT molecular complexity index is 936. The number of anilines is 1. The molecule has 0 atom stereocenters. The van der Waals surface area contributed by atoms with Gasteiger partial charge in [0.1, 0.15) is 5.76 Å². The van der Waals surface area contributed by atoms with Crippen LogP contribution in [-0.2, 0) is 6.54 Å². The minimum Gasteiger partial charge on any atom is -0.467 e. The fourth-order valence-corrected chi connectivity index (χ4v) is 2.58. The molecular formula is C20H17ClN2O3. The van der Waals surface area contributed by atoms with E-state index in [1.165, 1.54) is 0 Å². The molecule has 0 aliphatic rings. The summed E-state index contributed by atoms with van der Waals surface area (Å²) < 4.78 is 5.18. The second-order valence-electron chi connectivity index (χ2n) is 5.76. The normalized spacial score (nSPS) is 10.4. The van der Waals surface area contributed by atoms with Crippen molar-refractivity contribution in [2.24, 2.45) is 0 Å². The molecule has 0 fully saturated rings. The standard InChI is InChI=1S/C20H17ClN2O3/c1-13-7-8-16(21)11-18(13)23-20(25)15-5-2-4-14(10-15)19(24)22-12-17-6-3-9-26-17/h2-11H,12H2,1H3,(H,22,24)(H,23,25). The summed E-state index contributed by atoms with van der Waals surface area (Å²) in [5.74, 6) is 0.0646. The van der Waals surface area contributed by atoms with Crippen LogP contribution in [0, 0.1) is 6.92 Å². The third kappa shape index (κ3) is 4.32. The maximum Gasteiger partial charge on any atom is 0.255 e. The number of furan rings is 1. The molecule has 0 radical (unpaired) electrons. The zero-order valence-corrected chi connectivity index (χ0v) is 14.8. The van der Waals surface area contributed by atoms with Crippen molar-refractivity contribution in [2.75, 3.05) is 5.32 Å².